The number of imidazole rings is 1. The van der Waals surface area contributed by atoms with Gasteiger partial charge in [-0.3, -0.25) is 9.19 Å². The molecule has 0 aliphatic carbocycles. The summed E-state index contributed by atoms with van der Waals surface area (Å²) in [5.41, 5.74) is 2.14. The van der Waals surface area contributed by atoms with Crippen molar-refractivity contribution in [2.45, 2.75) is 30.6 Å². The molecular weight excluding hydrogens is 411 g/mol. The number of hydrogen-bond acceptors (Lipinski definition) is 5. The summed E-state index contributed by atoms with van der Waals surface area (Å²) >= 11 is 0. The number of aromatic nitrogens is 3. The number of ether oxygens (including phenoxy) is 1. The number of aliphatic hydroxyl groups is 1. The van der Waals surface area contributed by atoms with Gasteiger partial charge in [-0.2, -0.15) is 13.2 Å². The first-order valence-corrected chi connectivity index (χ1v) is 9.70. The molecule has 3 N–H and O–H groups in total. The monoisotopic (exact) mass is 431 g/mol. The fraction of sp³-hybridized carbons (Fsp3) is 0.333. The van der Waals surface area contributed by atoms with Gasteiger partial charge in [-0.1, -0.05) is 12.1 Å². The smallest absolute Gasteiger partial charge is 0.422 e. The van der Waals surface area contributed by atoms with E-state index in [9.17, 15) is 22.5 Å². The molecule has 1 atom stereocenters. The minimum absolute atomic E-state index is 0. The Morgan fingerprint density at radius 3 is 2.66 bits per heavy atom. The second-order valence-electron chi connectivity index (χ2n) is 6.03. The summed E-state index contributed by atoms with van der Waals surface area (Å²) in [5.74, 6) is 0.00672. The van der Waals surface area contributed by atoms with Crippen molar-refractivity contribution in [2.24, 2.45) is 0 Å². The van der Waals surface area contributed by atoms with Crippen molar-refractivity contribution in [3.05, 3.63) is 47.8 Å². The summed E-state index contributed by atoms with van der Waals surface area (Å²) in [5, 5.41) is 9.61. The second kappa shape index (κ2) is 9.33. The molecule has 0 spiro atoms. The summed E-state index contributed by atoms with van der Waals surface area (Å²) in [7, 11) is -1.62. The zero-order valence-corrected chi connectivity index (χ0v) is 16.3. The molecule has 0 saturated heterocycles. The maximum absolute atomic E-state index is 12.9. The lowest BCUT2D eigenvalue weighted by Gasteiger charge is -2.13. The average Bonchev–Trinajstić information content (AvgIpc) is 3.01. The molecule has 3 rings (SSSR count). The fourth-order valence-electron chi connectivity index (χ4n) is 2.75. The third kappa shape index (κ3) is 5.31. The van der Waals surface area contributed by atoms with Gasteiger partial charge in [0, 0.05) is 18.3 Å². The summed E-state index contributed by atoms with van der Waals surface area (Å²) in [4.78, 5) is 8.53. The van der Waals surface area contributed by atoms with Crippen molar-refractivity contribution >= 4 is 21.8 Å². The standard InChI is InChI=1S/C18H18F3N3O3S.H2O/c1-12-14(22-7-6-16(12)27-11-18(19,20)21)10-28(26)17-23-13-4-2-3-5-15(13)24(17)8-9-25;/h2-7,25H,8-11H2,1H3;1H2. The van der Waals surface area contributed by atoms with Crippen LogP contribution in [0.3, 0.4) is 0 Å². The quantitative estimate of drug-likeness (QED) is 0.617. The Morgan fingerprint density at radius 2 is 1.97 bits per heavy atom. The van der Waals surface area contributed by atoms with E-state index < -0.39 is 23.6 Å². The highest BCUT2D eigenvalue weighted by molar-refractivity contribution is 7.84. The zero-order chi connectivity index (χ0) is 20.3. The molecule has 1 unspecified atom stereocenters. The number of halogens is 3. The van der Waals surface area contributed by atoms with Crippen molar-refractivity contribution < 1.29 is 32.7 Å². The number of hydrogen-bond donors (Lipinski definition) is 1. The Bertz CT molecular complexity index is 1010. The van der Waals surface area contributed by atoms with Crippen molar-refractivity contribution in [3.8, 4) is 5.75 Å². The lowest BCUT2D eigenvalue weighted by atomic mass is 10.2. The highest BCUT2D eigenvalue weighted by atomic mass is 32.2. The first-order chi connectivity index (χ1) is 13.3. The van der Waals surface area contributed by atoms with E-state index in [0.29, 0.717) is 16.8 Å². The van der Waals surface area contributed by atoms with Crippen LogP contribution in [0.25, 0.3) is 11.0 Å². The minimum Gasteiger partial charge on any atom is -0.484 e. The molecular formula is C18H20F3N3O4S. The van der Waals surface area contributed by atoms with Gasteiger partial charge in [-0.15, -0.1) is 0 Å². The van der Waals surface area contributed by atoms with Crippen LogP contribution in [0.1, 0.15) is 11.3 Å². The van der Waals surface area contributed by atoms with Gasteiger partial charge >= 0.3 is 6.18 Å². The molecule has 7 nitrogen and oxygen atoms in total. The molecule has 158 valence electrons. The maximum atomic E-state index is 12.9. The lowest BCUT2D eigenvalue weighted by Crippen LogP contribution is -2.20. The van der Waals surface area contributed by atoms with E-state index in [-0.39, 0.29) is 35.3 Å². The van der Waals surface area contributed by atoms with Gasteiger partial charge in [0.05, 0.1) is 39.9 Å². The molecule has 2 aromatic heterocycles. The molecule has 0 aliphatic rings. The Kier molecular flexibility index (Phi) is 7.33. The Morgan fingerprint density at radius 1 is 1.24 bits per heavy atom. The van der Waals surface area contributed by atoms with Gasteiger partial charge in [0.15, 0.2) is 6.61 Å². The van der Waals surface area contributed by atoms with E-state index in [1.807, 2.05) is 12.1 Å². The number of aliphatic hydroxyl groups excluding tert-OH is 1. The normalized spacial score (nSPS) is 12.6. The van der Waals surface area contributed by atoms with Crippen LogP contribution in [-0.2, 0) is 23.1 Å². The number of alkyl halides is 3. The number of para-hydroxylation sites is 2. The number of fused-ring (bicyclic) bond motifs is 1. The predicted octanol–water partition coefficient (Wildman–Crippen LogP) is 2.16. The van der Waals surface area contributed by atoms with Gasteiger partial charge in [0.25, 0.3) is 0 Å². The lowest BCUT2D eigenvalue weighted by molar-refractivity contribution is -0.153. The van der Waals surface area contributed by atoms with Gasteiger partial charge in [-0.25, -0.2) is 4.98 Å². The summed E-state index contributed by atoms with van der Waals surface area (Å²) in [6, 6.07) is 8.55. The Hall–Kier alpha value is -2.50. The van der Waals surface area contributed by atoms with Crippen molar-refractivity contribution in [2.75, 3.05) is 13.2 Å². The van der Waals surface area contributed by atoms with Crippen LogP contribution in [-0.4, -0.2) is 48.7 Å². The molecule has 0 amide bonds. The Balaban J connectivity index is 0.00000300. The van der Waals surface area contributed by atoms with Crippen molar-refractivity contribution in [1.82, 2.24) is 14.5 Å². The van der Waals surface area contributed by atoms with Gasteiger partial charge in [0.2, 0.25) is 5.16 Å². The first kappa shape index (κ1) is 22.8. The molecule has 1 aromatic carbocycles. The molecule has 29 heavy (non-hydrogen) atoms. The molecule has 0 bridgehead atoms. The molecule has 0 aliphatic heterocycles. The highest BCUT2D eigenvalue weighted by Gasteiger charge is 2.29. The van der Waals surface area contributed by atoms with E-state index in [0.717, 1.165) is 5.52 Å². The van der Waals surface area contributed by atoms with E-state index in [4.69, 9.17) is 4.74 Å². The minimum atomic E-state index is -4.45. The van der Waals surface area contributed by atoms with E-state index in [1.165, 1.54) is 12.3 Å². The van der Waals surface area contributed by atoms with Crippen LogP contribution in [0.15, 0.2) is 41.7 Å². The first-order valence-electron chi connectivity index (χ1n) is 8.38. The average molecular weight is 431 g/mol. The zero-order valence-electron chi connectivity index (χ0n) is 15.4. The van der Waals surface area contributed by atoms with Crippen LogP contribution in [0.5, 0.6) is 5.75 Å². The highest BCUT2D eigenvalue weighted by Crippen LogP contribution is 2.25. The maximum Gasteiger partial charge on any atom is 0.422 e. The number of pyridine rings is 1. The largest absolute Gasteiger partial charge is 0.484 e. The Labute approximate surface area is 166 Å². The topological polar surface area (TPSA) is 109 Å². The third-order valence-corrected chi connectivity index (χ3v) is 5.32. The summed E-state index contributed by atoms with van der Waals surface area (Å²) < 4.78 is 56.6. The van der Waals surface area contributed by atoms with Gasteiger partial charge in [-0.05, 0) is 25.1 Å². The molecule has 3 aromatic rings. The SMILES string of the molecule is Cc1c(OCC(F)(F)F)ccnc1CS(=O)c1nc2ccccc2n1CCO.O. The molecule has 0 saturated carbocycles. The third-order valence-electron chi connectivity index (χ3n) is 4.06. The number of benzene rings is 1. The van der Waals surface area contributed by atoms with E-state index in [2.05, 4.69) is 9.97 Å². The second-order valence-corrected chi connectivity index (χ2v) is 7.38. The van der Waals surface area contributed by atoms with Crippen LogP contribution >= 0.6 is 0 Å². The molecule has 11 heteroatoms. The van der Waals surface area contributed by atoms with Crippen molar-refractivity contribution in [3.63, 3.8) is 0 Å². The van der Waals surface area contributed by atoms with E-state index >= 15 is 0 Å². The van der Waals surface area contributed by atoms with Crippen LogP contribution in [0, 0.1) is 6.92 Å². The number of rotatable bonds is 7. The molecule has 0 radical (unpaired) electrons. The fourth-order valence-corrected chi connectivity index (χ4v) is 4.06. The van der Waals surface area contributed by atoms with Crippen LogP contribution in [0.2, 0.25) is 0 Å². The van der Waals surface area contributed by atoms with E-state index in [1.54, 1.807) is 23.6 Å². The molecule has 2 heterocycles. The summed E-state index contributed by atoms with van der Waals surface area (Å²) in [6.45, 7) is 0.236. The van der Waals surface area contributed by atoms with Gasteiger partial charge < -0.3 is 19.9 Å². The van der Waals surface area contributed by atoms with Crippen molar-refractivity contribution in [1.29, 1.82) is 0 Å². The molecule has 0 fully saturated rings. The number of nitrogens with zero attached hydrogens (tertiary/aromatic N) is 3. The summed E-state index contributed by atoms with van der Waals surface area (Å²) in [6.07, 6.45) is -3.13. The van der Waals surface area contributed by atoms with Crippen LogP contribution < -0.4 is 4.74 Å². The van der Waals surface area contributed by atoms with Crippen LogP contribution in [0.4, 0.5) is 13.2 Å². The predicted molar refractivity (Wildman–Crippen MR) is 101 cm³/mol. The van der Waals surface area contributed by atoms with Gasteiger partial charge in [0.1, 0.15) is 5.75 Å².